The largest absolute Gasteiger partial charge is 0.469 e. The van der Waals surface area contributed by atoms with E-state index in [2.05, 4.69) is 16.1 Å². The van der Waals surface area contributed by atoms with Crippen LogP contribution in [0.3, 0.4) is 0 Å². The van der Waals surface area contributed by atoms with Crippen LogP contribution < -0.4 is 5.32 Å². The minimum absolute atomic E-state index is 0.155. The monoisotopic (exact) mass is 289 g/mol. The Morgan fingerprint density at radius 3 is 2.86 bits per heavy atom. The number of esters is 1. The Morgan fingerprint density at radius 1 is 1.43 bits per heavy atom. The number of methoxy groups -OCH3 is 1. The van der Waals surface area contributed by atoms with Crippen molar-refractivity contribution in [3.8, 4) is 6.07 Å². The lowest BCUT2D eigenvalue weighted by atomic mass is 10.1. The molecule has 6 heteroatoms. The summed E-state index contributed by atoms with van der Waals surface area (Å²) >= 11 is 0. The molecule has 0 unspecified atom stereocenters. The number of hydrogen-bond acceptors (Lipinski definition) is 5. The van der Waals surface area contributed by atoms with Gasteiger partial charge in [0.2, 0.25) is 5.91 Å². The van der Waals surface area contributed by atoms with Crippen molar-refractivity contribution >= 4 is 11.9 Å². The Hall–Kier alpha value is -2.39. The van der Waals surface area contributed by atoms with Crippen LogP contribution in [0.2, 0.25) is 0 Å². The number of nitriles is 1. The molecule has 1 aromatic rings. The van der Waals surface area contributed by atoms with Crippen LogP contribution in [0.5, 0.6) is 0 Å². The molecular weight excluding hydrogens is 270 g/mol. The van der Waals surface area contributed by atoms with Gasteiger partial charge >= 0.3 is 5.97 Å². The molecule has 0 atom stereocenters. The van der Waals surface area contributed by atoms with E-state index < -0.39 is 0 Å². The molecule has 0 aromatic heterocycles. The number of carbonyl (C=O) groups is 2. The molecule has 0 heterocycles. The van der Waals surface area contributed by atoms with E-state index >= 15 is 0 Å². The second kappa shape index (κ2) is 8.72. The van der Waals surface area contributed by atoms with Gasteiger partial charge in [-0.05, 0) is 24.7 Å². The topological polar surface area (TPSA) is 82.4 Å². The van der Waals surface area contributed by atoms with E-state index in [-0.39, 0.29) is 31.4 Å². The molecule has 1 rings (SSSR count). The first-order chi connectivity index (χ1) is 10.0. The number of ether oxygens (including phenoxy) is 1. The highest BCUT2D eigenvalue weighted by Crippen LogP contribution is 2.06. The molecule has 0 aliphatic carbocycles. The maximum Gasteiger partial charge on any atom is 0.307 e. The molecule has 6 nitrogen and oxygen atoms in total. The van der Waals surface area contributed by atoms with Gasteiger partial charge in [-0.25, -0.2) is 0 Å². The first-order valence-corrected chi connectivity index (χ1v) is 6.56. The zero-order valence-corrected chi connectivity index (χ0v) is 12.3. The summed E-state index contributed by atoms with van der Waals surface area (Å²) in [5, 5.41) is 11.5. The third-order valence-corrected chi connectivity index (χ3v) is 2.80. The summed E-state index contributed by atoms with van der Waals surface area (Å²) in [4.78, 5) is 24.4. The average Bonchev–Trinajstić information content (AvgIpc) is 2.46. The van der Waals surface area contributed by atoms with Crippen LogP contribution >= 0.6 is 0 Å². The van der Waals surface area contributed by atoms with Gasteiger partial charge in [-0.1, -0.05) is 12.1 Å². The van der Waals surface area contributed by atoms with Crippen LogP contribution in [-0.4, -0.2) is 44.0 Å². The summed E-state index contributed by atoms with van der Waals surface area (Å²) in [5.74, 6) is -0.505. The first kappa shape index (κ1) is 16.7. The van der Waals surface area contributed by atoms with E-state index in [0.29, 0.717) is 12.1 Å². The van der Waals surface area contributed by atoms with Gasteiger partial charge < -0.3 is 10.1 Å². The van der Waals surface area contributed by atoms with Gasteiger partial charge in [-0.15, -0.1) is 0 Å². The molecule has 0 radical (unpaired) electrons. The van der Waals surface area contributed by atoms with E-state index in [1.807, 2.05) is 24.1 Å². The van der Waals surface area contributed by atoms with Crippen molar-refractivity contribution in [2.45, 2.75) is 13.0 Å². The number of rotatable bonds is 7. The molecule has 0 saturated carbocycles. The fourth-order valence-electron chi connectivity index (χ4n) is 1.81. The zero-order chi connectivity index (χ0) is 15.7. The van der Waals surface area contributed by atoms with Gasteiger partial charge in [0, 0.05) is 13.1 Å². The minimum atomic E-state index is -0.350. The molecule has 112 valence electrons. The maximum atomic E-state index is 11.7. The number of benzene rings is 1. The summed E-state index contributed by atoms with van der Waals surface area (Å²) in [6.45, 7) is 1.06. The van der Waals surface area contributed by atoms with Crippen molar-refractivity contribution in [3.63, 3.8) is 0 Å². The zero-order valence-electron chi connectivity index (χ0n) is 12.3. The maximum absolute atomic E-state index is 11.7. The Labute approximate surface area is 124 Å². The molecule has 0 fully saturated rings. The van der Waals surface area contributed by atoms with E-state index in [4.69, 9.17) is 5.26 Å². The number of nitrogens with one attached hydrogen (secondary N) is 1. The molecule has 1 N–H and O–H groups in total. The average molecular weight is 289 g/mol. The SMILES string of the molecule is COC(=O)CCNC(=O)CN(C)Cc1cccc(C#N)c1. The number of carbonyl (C=O) groups excluding carboxylic acids is 2. The third-order valence-electron chi connectivity index (χ3n) is 2.80. The molecule has 21 heavy (non-hydrogen) atoms. The predicted octanol–water partition coefficient (Wildman–Crippen LogP) is 0.669. The summed E-state index contributed by atoms with van der Waals surface area (Å²) in [5.41, 5.74) is 1.57. The lowest BCUT2D eigenvalue weighted by Crippen LogP contribution is -2.35. The van der Waals surface area contributed by atoms with Crippen molar-refractivity contribution in [1.29, 1.82) is 5.26 Å². The summed E-state index contributed by atoms with van der Waals surface area (Å²) in [6.07, 6.45) is 0.163. The molecule has 0 aliphatic rings. The predicted molar refractivity (Wildman–Crippen MR) is 77.1 cm³/mol. The van der Waals surface area contributed by atoms with Crippen LogP contribution in [0.25, 0.3) is 0 Å². The number of likely N-dealkylation sites (N-methyl/N-ethyl adjacent to an activating group) is 1. The van der Waals surface area contributed by atoms with Gasteiger partial charge in [0.15, 0.2) is 0 Å². The second-order valence-electron chi connectivity index (χ2n) is 4.66. The molecule has 1 amide bonds. The van der Waals surface area contributed by atoms with Crippen LogP contribution in [0.15, 0.2) is 24.3 Å². The van der Waals surface area contributed by atoms with Gasteiger partial charge in [-0.3, -0.25) is 14.5 Å². The van der Waals surface area contributed by atoms with Crippen molar-refractivity contribution in [2.24, 2.45) is 0 Å². The minimum Gasteiger partial charge on any atom is -0.469 e. The highest BCUT2D eigenvalue weighted by atomic mass is 16.5. The van der Waals surface area contributed by atoms with E-state index in [9.17, 15) is 9.59 Å². The van der Waals surface area contributed by atoms with Gasteiger partial charge in [0.05, 0.1) is 31.7 Å². The van der Waals surface area contributed by atoms with Crippen LogP contribution in [0.4, 0.5) is 0 Å². The lowest BCUT2D eigenvalue weighted by molar-refractivity contribution is -0.140. The van der Waals surface area contributed by atoms with E-state index in [1.54, 1.807) is 12.1 Å². The third kappa shape index (κ3) is 6.54. The number of amides is 1. The van der Waals surface area contributed by atoms with E-state index in [1.165, 1.54) is 7.11 Å². The Kier molecular flexibility index (Phi) is 6.92. The fourth-order valence-corrected chi connectivity index (χ4v) is 1.81. The van der Waals surface area contributed by atoms with Gasteiger partial charge in [-0.2, -0.15) is 5.26 Å². The van der Waals surface area contributed by atoms with Crippen LogP contribution in [-0.2, 0) is 20.9 Å². The Morgan fingerprint density at radius 2 is 2.19 bits per heavy atom. The van der Waals surface area contributed by atoms with Gasteiger partial charge in [0.25, 0.3) is 0 Å². The quantitative estimate of drug-likeness (QED) is 0.746. The van der Waals surface area contributed by atoms with Crippen LogP contribution in [0.1, 0.15) is 17.5 Å². The van der Waals surface area contributed by atoms with E-state index in [0.717, 1.165) is 5.56 Å². The lowest BCUT2D eigenvalue weighted by Gasteiger charge is -2.16. The molecular formula is C15H19N3O3. The van der Waals surface area contributed by atoms with Crippen molar-refractivity contribution in [1.82, 2.24) is 10.2 Å². The first-order valence-electron chi connectivity index (χ1n) is 6.56. The Balaban J connectivity index is 2.35. The fraction of sp³-hybridized carbons (Fsp3) is 0.400. The molecule has 0 aliphatic heterocycles. The molecule has 0 saturated heterocycles. The second-order valence-corrected chi connectivity index (χ2v) is 4.66. The highest BCUT2D eigenvalue weighted by molar-refractivity contribution is 5.78. The molecule has 0 spiro atoms. The van der Waals surface area contributed by atoms with Gasteiger partial charge in [0.1, 0.15) is 0 Å². The van der Waals surface area contributed by atoms with Crippen molar-refractivity contribution in [3.05, 3.63) is 35.4 Å². The summed E-state index contributed by atoms with van der Waals surface area (Å²) in [7, 11) is 3.13. The molecule has 0 bridgehead atoms. The number of nitrogens with zero attached hydrogens (tertiary/aromatic N) is 2. The summed E-state index contributed by atoms with van der Waals surface area (Å²) < 4.78 is 4.49. The standard InChI is InChI=1S/C15H19N3O3/c1-18(10-13-5-3-4-12(8-13)9-16)11-14(19)17-7-6-15(20)21-2/h3-5,8H,6-7,10-11H2,1-2H3,(H,17,19). The normalized spacial score (nSPS) is 10.0. The smallest absolute Gasteiger partial charge is 0.307 e. The number of hydrogen-bond donors (Lipinski definition) is 1. The molecule has 1 aromatic carbocycles. The van der Waals surface area contributed by atoms with Crippen LogP contribution in [0, 0.1) is 11.3 Å². The van der Waals surface area contributed by atoms with Crippen molar-refractivity contribution < 1.29 is 14.3 Å². The van der Waals surface area contributed by atoms with Crippen molar-refractivity contribution in [2.75, 3.05) is 27.2 Å². The highest BCUT2D eigenvalue weighted by Gasteiger charge is 2.08. The summed E-state index contributed by atoms with van der Waals surface area (Å²) in [6, 6.07) is 9.35. The Bertz CT molecular complexity index is 537.